The van der Waals surface area contributed by atoms with Crippen molar-refractivity contribution in [3.8, 4) is 17.1 Å². The number of benzene rings is 3. The van der Waals surface area contributed by atoms with Crippen LogP contribution in [0.4, 0.5) is 0 Å². The van der Waals surface area contributed by atoms with E-state index in [1.54, 1.807) is 0 Å². The normalized spacial score (nSPS) is 12.1. The Hall–Kier alpha value is -4.13. The monoisotopic (exact) mass is 448 g/mol. The zero-order valence-corrected chi connectivity index (χ0v) is 19.5. The third kappa shape index (κ3) is 3.00. The van der Waals surface area contributed by atoms with E-state index in [4.69, 9.17) is 9.40 Å². The summed E-state index contributed by atoms with van der Waals surface area (Å²) in [6.45, 7) is 8.81. The fourth-order valence-electron chi connectivity index (χ4n) is 4.77. The van der Waals surface area contributed by atoms with E-state index in [2.05, 4.69) is 83.2 Å². The van der Waals surface area contributed by atoms with Crippen LogP contribution >= 0.6 is 0 Å². The molecule has 0 saturated heterocycles. The summed E-state index contributed by atoms with van der Waals surface area (Å²) in [5.41, 5.74) is 7.03. The van der Waals surface area contributed by atoms with Crippen LogP contribution in [0.2, 0.25) is 0 Å². The topological polar surface area (TPSA) is 82.5 Å². The van der Waals surface area contributed by atoms with Gasteiger partial charge in [-0.3, -0.25) is 4.57 Å². The lowest BCUT2D eigenvalue weighted by Crippen LogP contribution is -2.09. The second-order valence-corrected chi connectivity index (χ2v) is 9.17. The summed E-state index contributed by atoms with van der Waals surface area (Å²) in [4.78, 5) is 4.91. The van der Waals surface area contributed by atoms with Crippen molar-refractivity contribution in [3.63, 3.8) is 0 Å². The van der Waals surface area contributed by atoms with Gasteiger partial charge < -0.3 is 4.42 Å². The van der Waals surface area contributed by atoms with Crippen molar-refractivity contribution in [1.29, 1.82) is 0 Å². The van der Waals surface area contributed by atoms with Gasteiger partial charge in [0.15, 0.2) is 5.82 Å². The second kappa shape index (κ2) is 7.73. The number of fused-ring (bicyclic) bond motifs is 4. The molecule has 0 saturated carbocycles. The third-order valence-electron chi connectivity index (χ3n) is 6.37. The number of nitrogens with zero attached hydrogens (tertiary/aromatic N) is 6. The molecule has 0 aliphatic carbocycles. The molecule has 34 heavy (non-hydrogen) atoms. The molecule has 0 unspecified atom stereocenters. The Bertz CT molecular complexity index is 1650. The first kappa shape index (κ1) is 20.5. The first-order valence-electron chi connectivity index (χ1n) is 11.5. The summed E-state index contributed by atoms with van der Waals surface area (Å²) in [6.07, 6.45) is 0. The fraction of sp³-hybridized carbons (Fsp3) is 0.222. The molecule has 0 aliphatic rings. The van der Waals surface area contributed by atoms with Crippen molar-refractivity contribution in [3.05, 3.63) is 71.8 Å². The van der Waals surface area contributed by atoms with Crippen LogP contribution in [0, 0.1) is 0 Å². The highest BCUT2D eigenvalue weighted by molar-refractivity contribution is 6.09. The molecular weight excluding hydrogens is 424 g/mol. The Labute approximate surface area is 196 Å². The van der Waals surface area contributed by atoms with Gasteiger partial charge in [0, 0.05) is 10.8 Å². The Morgan fingerprint density at radius 2 is 1.41 bits per heavy atom. The van der Waals surface area contributed by atoms with Gasteiger partial charge in [0.05, 0.1) is 11.3 Å². The van der Waals surface area contributed by atoms with E-state index in [-0.39, 0.29) is 0 Å². The number of hydrogen-bond donors (Lipinski definition) is 0. The van der Waals surface area contributed by atoms with E-state index in [1.807, 2.05) is 30.3 Å². The minimum atomic E-state index is 0.295. The molecule has 0 N–H and O–H groups in total. The van der Waals surface area contributed by atoms with E-state index in [0.717, 1.165) is 33.2 Å². The maximum Gasteiger partial charge on any atom is 0.224 e. The lowest BCUT2D eigenvalue weighted by Gasteiger charge is -2.21. The largest absolute Gasteiger partial charge is 0.455 e. The maximum absolute atomic E-state index is 6.35. The van der Waals surface area contributed by atoms with Gasteiger partial charge in [-0.25, -0.2) is 4.98 Å². The molecule has 0 fully saturated rings. The van der Waals surface area contributed by atoms with Crippen molar-refractivity contribution in [2.24, 2.45) is 0 Å². The summed E-state index contributed by atoms with van der Waals surface area (Å²) in [6, 6.07) is 20.7. The Morgan fingerprint density at radius 1 is 0.735 bits per heavy atom. The van der Waals surface area contributed by atoms with E-state index in [9.17, 15) is 0 Å². The highest BCUT2D eigenvalue weighted by Gasteiger charge is 2.25. The van der Waals surface area contributed by atoms with E-state index < -0.39 is 0 Å². The quantitative estimate of drug-likeness (QED) is 0.309. The van der Waals surface area contributed by atoms with Gasteiger partial charge in [0.25, 0.3) is 0 Å². The van der Waals surface area contributed by atoms with Crippen molar-refractivity contribution in [2.45, 2.75) is 39.5 Å². The van der Waals surface area contributed by atoms with Gasteiger partial charge >= 0.3 is 0 Å². The Kier molecular flexibility index (Phi) is 4.65. The number of hydrogen-bond acceptors (Lipinski definition) is 6. The third-order valence-corrected chi connectivity index (χ3v) is 6.37. The Balaban J connectivity index is 1.77. The number of furan rings is 1. The van der Waals surface area contributed by atoms with Crippen molar-refractivity contribution < 1.29 is 4.42 Å². The zero-order chi connectivity index (χ0) is 23.4. The molecule has 0 amide bonds. The molecule has 3 aromatic carbocycles. The van der Waals surface area contributed by atoms with Crippen LogP contribution in [-0.4, -0.2) is 30.2 Å². The lowest BCUT2D eigenvalue weighted by molar-refractivity contribution is 0.669. The molecule has 0 bridgehead atoms. The van der Waals surface area contributed by atoms with E-state index in [1.165, 1.54) is 11.1 Å². The second-order valence-electron chi connectivity index (χ2n) is 9.17. The van der Waals surface area contributed by atoms with Gasteiger partial charge in [-0.1, -0.05) is 76.2 Å². The van der Waals surface area contributed by atoms with Gasteiger partial charge in [0.2, 0.25) is 11.3 Å². The summed E-state index contributed by atoms with van der Waals surface area (Å²) >= 11 is 0. The van der Waals surface area contributed by atoms with Crippen molar-refractivity contribution >= 4 is 33.2 Å². The molecule has 3 aromatic heterocycles. The highest BCUT2D eigenvalue weighted by atomic mass is 16.3. The van der Waals surface area contributed by atoms with Crippen molar-refractivity contribution in [1.82, 2.24) is 30.2 Å². The predicted octanol–water partition coefficient (Wildman–Crippen LogP) is 6.42. The summed E-state index contributed by atoms with van der Waals surface area (Å²) in [5, 5.41) is 18.3. The fourth-order valence-corrected chi connectivity index (χ4v) is 4.77. The summed E-state index contributed by atoms with van der Waals surface area (Å²) in [5.74, 6) is 1.30. The van der Waals surface area contributed by atoms with E-state index >= 15 is 0 Å². The minimum Gasteiger partial charge on any atom is -0.455 e. The maximum atomic E-state index is 6.35. The van der Waals surface area contributed by atoms with E-state index in [0.29, 0.717) is 29.0 Å². The smallest absolute Gasteiger partial charge is 0.224 e. The van der Waals surface area contributed by atoms with Crippen LogP contribution in [0.5, 0.6) is 0 Å². The molecule has 7 nitrogen and oxygen atoms in total. The van der Waals surface area contributed by atoms with Crippen molar-refractivity contribution in [2.75, 3.05) is 0 Å². The first-order valence-corrected chi connectivity index (χ1v) is 11.5. The molecule has 3 heterocycles. The molecule has 0 radical (unpaired) electrons. The summed E-state index contributed by atoms with van der Waals surface area (Å²) < 4.78 is 8.44. The van der Waals surface area contributed by atoms with Gasteiger partial charge in [-0.2, -0.15) is 0 Å². The molecule has 0 spiro atoms. The SMILES string of the molecule is CC(C)c1cccc(C(C)C)c1-n1c(-c2cccc3c2oc2ccccc23)nc2nnnnc21. The average Bonchev–Trinajstić information content (AvgIpc) is 3.42. The van der Waals surface area contributed by atoms with Crippen LogP contribution in [0.1, 0.15) is 50.7 Å². The molecule has 168 valence electrons. The lowest BCUT2D eigenvalue weighted by atomic mass is 9.92. The molecule has 6 aromatic rings. The van der Waals surface area contributed by atoms with Gasteiger partial charge in [0.1, 0.15) is 11.2 Å². The van der Waals surface area contributed by atoms with Crippen LogP contribution in [0.3, 0.4) is 0 Å². The predicted molar refractivity (Wildman–Crippen MR) is 133 cm³/mol. The average molecular weight is 449 g/mol. The number of aromatic nitrogens is 6. The first-order chi connectivity index (χ1) is 16.5. The van der Waals surface area contributed by atoms with Crippen LogP contribution in [-0.2, 0) is 0 Å². The molecule has 0 atom stereocenters. The van der Waals surface area contributed by atoms with Crippen LogP contribution in [0.25, 0.3) is 50.3 Å². The number of para-hydroxylation sites is 3. The molecule has 6 rings (SSSR count). The molecule has 0 aliphatic heterocycles. The minimum absolute atomic E-state index is 0.295. The number of imidazole rings is 1. The Morgan fingerprint density at radius 3 is 2.18 bits per heavy atom. The number of rotatable bonds is 4. The standard InChI is InChI=1S/C27H24N6O/c1-15(2)17-10-7-11-18(16(3)4)23(17)33-26(28-25-27(33)30-32-31-29-25)21-13-8-12-20-19-9-5-6-14-22(19)34-24(20)21/h5-16H,1-4H3. The highest BCUT2D eigenvalue weighted by Crippen LogP contribution is 2.40. The van der Waals surface area contributed by atoms with Gasteiger partial charge in [-0.15, -0.1) is 10.2 Å². The zero-order valence-electron chi connectivity index (χ0n) is 19.5. The van der Waals surface area contributed by atoms with Crippen LogP contribution < -0.4 is 0 Å². The van der Waals surface area contributed by atoms with Crippen LogP contribution in [0.15, 0.2) is 65.1 Å². The van der Waals surface area contributed by atoms with Gasteiger partial charge in [-0.05, 0) is 45.5 Å². The molecular formula is C27H24N6O. The summed E-state index contributed by atoms with van der Waals surface area (Å²) in [7, 11) is 0. The molecule has 7 heteroatoms.